The zero-order valence-electron chi connectivity index (χ0n) is 14.2. The molecule has 0 amide bonds. The van der Waals surface area contributed by atoms with E-state index in [-0.39, 0.29) is 10.9 Å². The summed E-state index contributed by atoms with van der Waals surface area (Å²) in [5, 5.41) is 5.22. The first kappa shape index (κ1) is 18.3. The Balaban J connectivity index is 1.67. The number of nitrogens with zero attached hydrogens (tertiary/aromatic N) is 4. The highest BCUT2D eigenvalue weighted by Crippen LogP contribution is 2.31. The van der Waals surface area contributed by atoms with Crippen molar-refractivity contribution in [2.45, 2.75) is 18.8 Å². The first-order chi connectivity index (χ1) is 13.0. The number of rotatable bonds is 3. The predicted octanol–water partition coefficient (Wildman–Crippen LogP) is 4.30. The minimum atomic E-state index is -0.418. The van der Waals surface area contributed by atoms with Gasteiger partial charge in [0.1, 0.15) is 10.8 Å². The second kappa shape index (κ2) is 7.54. The first-order valence-electron chi connectivity index (χ1n) is 8.52. The van der Waals surface area contributed by atoms with Crippen LogP contribution in [0.15, 0.2) is 41.6 Å². The third-order valence-electron chi connectivity index (χ3n) is 4.71. The summed E-state index contributed by atoms with van der Waals surface area (Å²) in [5.41, 5.74) is 0.643. The molecule has 1 aromatic carbocycles. The Morgan fingerprint density at radius 3 is 2.78 bits per heavy atom. The van der Waals surface area contributed by atoms with E-state index in [2.05, 4.69) is 20.0 Å². The maximum absolute atomic E-state index is 12.8. The van der Waals surface area contributed by atoms with Crippen LogP contribution >= 0.6 is 34.8 Å². The van der Waals surface area contributed by atoms with Gasteiger partial charge < -0.3 is 9.88 Å². The Labute approximate surface area is 170 Å². The van der Waals surface area contributed by atoms with Crippen LogP contribution in [-0.2, 0) is 0 Å². The minimum absolute atomic E-state index is 0.121. The molecule has 3 aromatic rings. The molecule has 0 bridgehead atoms. The fraction of sp³-hybridized carbons (Fsp3) is 0.278. The van der Waals surface area contributed by atoms with E-state index >= 15 is 0 Å². The molecule has 3 heterocycles. The number of benzene rings is 1. The molecule has 1 fully saturated rings. The molecule has 2 aromatic heterocycles. The summed E-state index contributed by atoms with van der Waals surface area (Å²) < 4.78 is 1.19. The topological polar surface area (TPSA) is 66.8 Å². The van der Waals surface area contributed by atoms with Crippen LogP contribution in [0.2, 0.25) is 15.1 Å². The lowest BCUT2D eigenvalue weighted by Crippen LogP contribution is -2.36. The van der Waals surface area contributed by atoms with Gasteiger partial charge in [0.05, 0.1) is 22.6 Å². The summed E-state index contributed by atoms with van der Waals surface area (Å²) in [6, 6.07) is 4.85. The average Bonchev–Trinajstić information content (AvgIpc) is 3.19. The molecule has 6 nitrogen and oxygen atoms in total. The number of aromatic amines is 1. The molecule has 1 aliphatic heterocycles. The molecule has 1 N–H and O–H groups in total. The number of halogens is 3. The van der Waals surface area contributed by atoms with E-state index in [1.807, 2.05) is 6.20 Å². The molecular formula is C18H16Cl3N5O. The van der Waals surface area contributed by atoms with E-state index in [1.54, 1.807) is 30.6 Å². The number of H-pyrrole nitrogens is 1. The lowest BCUT2D eigenvalue weighted by atomic mass is 9.97. The highest BCUT2D eigenvalue weighted by Gasteiger charge is 2.26. The first-order valence-corrected chi connectivity index (χ1v) is 9.65. The average molecular weight is 425 g/mol. The summed E-state index contributed by atoms with van der Waals surface area (Å²) in [6.07, 6.45) is 7.19. The zero-order valence-corrected chi connectivity index (χ0v) is 16.5. The zero-order chi connectivity index (χ0) is 19.0. The fourth-order valence-corrected chi connectivity index (χ4v) is 4.13. The summed E-state index contributed by atoms with van der Waals surface area (Å²) in [4.78, 5) is 22.4. The van der Waals surface area contributed by atoms with Gasteiger partial charge in [-0.1, -0.05) is 34.8 Å². The molecule has 0 radical (unpaired) electrons. The Morgan fingerprint density at radius 2 is 2.04 bits per heavy atom. The van der Waals surface area contributed by atoms with Crippen molar-refractivity contribution in [3.05, 3.63) is 68.0 Å². The van der Waals surface area contributed by atoms with Gasteiger partial charge in [0.25, 0.3) is 5.56 Å². The smallest absolute Gasteiger partial charge is 0.292 e. The van der Waals surface area contributed by atoms with Crippen molar-refractivity contribution in [3.63, 3.8) is 0 Å². The Morgan fingerprint density at radius 1 is 1.19 bits per heavy atom. The van der Waals surface area contributed by atoms with Crippen LogP contribution in [0, 0.1) is 0 Å². The van der Waals surface area contributed by atoms with Crippen LogP contribution < -0.4 is 10.5 Å². The molecule has 4 rings (SSSR count). The molecular weight excluding hydrogens is 409 g/mol. The number of imidazole rings is 1. The van der Waals surface area contributed by atoms with Crippen molar-refractivity contribution < 1.29 is 0 Å². The quantitative estimate of drug-likeness (QED) is 0.681. The lowest BCUT2D eigenvalue weighted by Gasteiger charge is -2.33. The number of piperidine rings is 1. The number of hydrogen-bond acceptors (Lipinski definition) is 4. The van der Waals surface area contributed by atoms with E-state index in [1.165, 1.54) is 4.68 Å². The number of anilines is 1. The Kier molecular flexibility index (Phi) is 5.12. The van der Waals surface area contributed by atoms with Gasteiger partial charge in [0, 0.05) is 36.4 Å². The van der Waals surface area contributed by atoms with Gasteiger partial charge in [0.2, 0.25) is 0 Å². The summed E-state index contributed by atoms with van der Waals surface area (Å²) in [7, 11) is 0. The van der Waals surface area contributed by atoms with Gasteiger partial charge in [-0.05, 0) is 31.0 Å². The van der Waals surface area contributed by atoms with Crippen molar-refractivity contribution in [3.8, 4) is 5.69 Å². The molecule has 1 saturated heterocycles. The molecule has 140 valence electrons. The predicted molar refractivity (Wildman–Crippen MR) is 108 cm³/mol. The second-order valence-electron chi connectivity index (χ2n) is 6.42. The van der Waals surface area contributed by atoms with Crippen molar-refractivity contribution in [2.75, 3.05) is 18.0 Å². The standard InChI is InChI=1S/C18H16Cl3N5O/c19-12-3-4-14(13(20)8-12)26-18(27)16(21)15(9-24-26)25-7-1-2-11(10-25)17-22-5-6-23-17/h3-6,8-9,11H,1-2,7,10H2,(H,22,23). The van der Waals surface area contributed by atoms with Gasteiger partial charge in [0.15, 0.2) is 0 Å². The third kappa shape index (κ3) is 3.57. The molecule has 1 unspecified atom stereocenters. The fourth-order valence-electron chi connectivity index (χ4n) is 3.39. The van der Waals surface area contributed by atoms with E-state index in [0.717, 1.165) is 31.8 Å². The van der Waals surface area contributed by atoms with E-state index < -0.39 is 5.56 Å². The largest absolute Gasteiger partial charge is 0.368 e. The van der Waals surface area contributed by atoms with Gasteiger partial charge in [-0.2, -0.15) is 9.78 Å². The van der Waals surface area contributed by atoms with E-state index in [4.69, 9.17) is 34.8 Å². The maximum atomic E-state index is 12.8. The molecule has 27 heavy (non-hydrogen) atoms. The van der Waals surface area contributed by atoms with Crippen molar-refractivity contribution in [2.24, 2.45) is 0 Å². The van der Waals surface area contributed by atoms with Gasteiger partial charge in [-0.15, -0.1) is 0 Å². The van der Waals surface area contributed by atoms with Crippen molar-refractivity contribution >= 4 is 40.5 Å². The summed E-state index contributed by atoms with van der Waals surface area (Å²) in [5.74, 6) is 1.21. The molecule has 1 atom stereocenters. The number of hydrogen-bond donors (Lipinski definition) is 1. The van der Waals surface area contributed by atoms with Crippen LogP contribution in [0.4, 0.5) is 5.69 Å². The second-order valence-corrected chi connectivity index (χ2v) is 7.64. The summed E-state index contributed by atoms with van der Waals surface area (Å²) >= 11 is 18.6. The monoisotopic (exact) mass is 423 g/mol. The molecule has 1 aliphatic rings. The van der Waals surface area contributed by atoms with Crippen LogP contribution in [-0.4, -0.2) is 32.8 Å². The minimum Gasteiger partial charge on any atom is -0.368 e. The highest BCUT2D eigenvalue weighted by molar-refractivity contribution is 6.36. The van der Waals surface area contributed by atoms with Crippen LogP contribution in [0.5, 0.6) is 0 Å². The van der Waals surface area contributed by atoms with Gasteiger partial charge in [-0.3, -0.25) is 4.79 Å². The SMILES string of the molecule is O=c1c(Cl)c(N2CCCC(c3ncc[nH]3)C2)cnn1-c1ccc(Cl)cc1Cl. The lowest BCUT2D eigenvalue weighted by molar-refractivity contribution is 0.493. The van der Waals surface area contributed by atoms with Gasteiger partial charge in [-0.25, -0.2) is 4.98 Å². The highest BCUT2D eigenvalue weighted by atomic mass is 35.5. The van der Waals surface area contributed by atoms with Crippen LogP contribution in [0.3, 0.4) is 0 Å². The molecule has 0 saturated carbocycles. The van der Waals surface area contributed by atoms with Gasteiger partial charge >= 0.3 is 0 Å². The Hall–Kier alpha value is -2.02. The number of aromatic nitrogens is 4. The van der Waals surface area contributed by atoms with Crippen molar-refractivity contribution in [1.82, 2.24) is 19.7 Å². The molecule has 0 aliphatic carbocycles. The molecule has 9 heteroatoms. The number of nitrogens with one attached hydrogen (secondary N) is 1. The third-order valence-corrected chi connectivity index (χ3v) is 5.60. The van der Waals surface area contributed by atoms with Crippen LogP contribution in [0.1, 0.15) is 24.6 Å². The summed E-state index contributed by atoms with van der Waals surface area (Å²) in [6.45, 7) is 1.53. The van der Waals surface area contributed by atoms with E-state index in [9.17, 15) is 4.79 Å². The Bertz CT molecular complexity index is 1020. The van der Waals surface area contributed by atoms with E-state index in [0.29, 0.717) is 21.4 Å². The maximum Gasteiger partial charge on any atom is 0.292 e. The normalized spacial score (nSPS) is 17.3. The molecule has 0 spiro atoms. The van der Waals surface area contributed by atoms with Crippen LogP contribution in [0.25, 0.3) is 5.69 Å². The van der Waals surface area contributed by atoms with Crippen molar-refractivity contribution in [1.29, 1.82) is 0 Å².